The van der Waals surface area contributed by atoms with Crippen molar-refractivity contribution in [3.63, 3.8) is 0 Å². The summed E-state index contributed by atoms with van der Waals surface area (Å²) in [7, 11) is 1.58. The number of hydrogen-bond acceptors (Lipinski definition) is 5. The average molecular weight is 358 g/mol. The zero-order valence-electron chi connectivity index (χ0n) is 13.8. The van der Waals surface area contributed by atoms with E-state index in [-0.39, 0.29) is 0 Å². The smallest absolute Gasteiger partial charge is 0.368 e. The molecule has 0 fully saturated rings. The van der Waals surface area contributed by atoms with Gasteiger partial charge >= 0.3 is 5.97 Å². The first-order chi connectivity index (χ1) is 12.1. The second-order valence-electron chi connectivity index (χ2n) is 5.23. The van der Waals surface area contributed by atoms with E-state index in [2.05, 4.69) is 5.16 Å². The lowest BCUT2D eigenvalue weighted by Gasteiger charge is -2.10. The number of methoxy groups -OCH3 is 1. The number of oxime groups is 1. The molecule has 1 aliphatic heterocycles. The van der Waals surface area contributed by atoms with Crippen LogP contribution in [-0.4, -0.2) is 25.4 Å². The minimum absolute atomic E-state index is 0.370. The van der Waals surface area contributed by atoms with Crippen molar-refractivity contribution in [3.05, 3.63) is 64.2 Å². The third-order valence-corrected chi connectivity index (χ3v) is 3.86. The zero-order valence-corrected chi connectivity index (χ0v) is 14.5. The Morgan fingerprint density at radius 2 is 1.92 bits per heavy atom. The second-order valence-corrected chi connectivity index (χ2v) is 5.66. The number of rotatable bonds is 5. The lowest BCUT2D eigenvalue weighted by molar-refractivity contribution is -0.136. The quantitative estimate of drug-likeness (QED) is 0.597. The lowest BCUT2D eigenvalue weighted by atomic mass is 10.0. The molecule has 2 aromatic carbocycles. The van der Waals surface area contributed by atoms with Crippen molar-refractivity contribution < 1.29 is 19.1 Å². The summed E-state index contributed by atoms with van der Waals surface area (Å²) in [5, 5.41) is 4.49. The Labute approximate surface area is 150 Å². The summed E-state index contributed by atoms with van der Waals surface area (Å²) in [6.45, 7) is 2.40. The first-order valence-electron chi connectivity index (χ1n) is 7.70. The van der Waals surface area contributed by atoms with E-state index in [1.807, 2.05) is 13.0 Å². The fourth-order valence-corrected chi connectivity index (χ4v) is 2.57. The second kappa shape index (κ2) is 7.40. The molecular formula is C19H16ClNO4. The monoisotopic (exact) mass is 357 g/mol. The molecule has 0 radical (unpaired) electrons. The molecule has 2 aromatic rings. The van der Waals surface area contributed by atoms with E-state index >= 15 is 0 Å². The van der Waals surface area contributed by atoms with E-state index in [9.17, 15) is 4.79 Å². The van der Waals surface area contributed by atoms with Gasteiger partial charge in [0.25, 0.3) is 0 Å². The van der Waals surface area contributed by atoms with Gasteiger partial charge in [0.15, 0.2) is 11.5 Å². The number of carbonyl (C=O) groups excluding carboxylic acids is 1. The summed E-state index contributed by atoms with van der Waals surface area (Å²) in [5.41, 5.74) is 2.37. The van der Waals surface area contributed by atoms with Crippen molar-refractivity contribution in [2.24, 2.45) is 5.16 Å². The van der Waals surface area contributed by atoms with Crippen LogP contribution in [0.1, 0.15) is 18.1 Å². The Morgan fingerprint density at radius 3 is 2.60 bits per heavy atom. The van der Waals surface area contributed by atoms with Crippen LogP contribution in [0, 0.1) is 0 Å². The van der Waals surface area contributed by atoms with E-state index < -0.39 is 5.97 Å². The molecule has 0 N–H and O–H groups in total. The number of halogens is 1. The molecule has 0 amide bonds. The van der Waals surface area contributed by atoms with E-state index in [1.54, 1.807) is 49.6 Å². The van der Waals surface area contributed by atoms with Gasteiger partial charge < -0.3 is 14.3 Å². The van der Waals surface area contributed by atoms with Crippen LogP contribution in [0.5, 0.6) is 11.5 Å². The number of carbonyl (C=O) groups is 1. The molecule has 3 rings (SSSR count). The third kappa shape index (κ3) is 3.67. The normalized spacial score (nSPS) is 15.1. The van der Waals surface area contributed by atoms with E-state index in [4.69, 9.17) is 25.9 Å². The maximum Gasteiger partial charge on any atom is 0.368 e. The Kier molecular flexibility index (Phi) is 5.05. The molecule has 0 atom stereocenters. The molecule has 6 heteroatoms. The molecule has 0 bridgehead atoms. The highest BCUT2D eigenvalue weighted by Crippen LogP contribution is 2.30. The van der Waals surface area contributed by atoms with Crippen molar-refractivity contribution in [1.29, 1.82) is 0 Å². The SMILES string of the molecule is CCOc1cc(/C=C2\C(=O)ON=C2c2ccc(Cl)cc2)ccc1OC. The number of benzene rings is 2. The standard InChI is InChI=1S/C19H16ClNO4/c1-3-24-17-11-12(4-9-16(17)23-2)10-15-18(21-25-19(15)22)13-5-7-14(20)8-6-13/h4-11H,3H2,1-2H3/b15-10-. The van der Waals surface area contributed by atoms with Crippen LogP contribution >= 0.6 is 11.6 Å². The predicted molar refractivity (Wildman–Crippen MR) is 96.2 cm³/mol. The Balaban J connectivity index is 1.98. The van der Waals surface area contributed by atoms with Crippen molar-refractivity contribution in [2.45, 2.75) is 6.92 Å². The van der Waals surface area contributed by atoms with Gasteiger partial charge in [-0.25, -0.2) is 4.79 Å². The average Bonchev–Trinajstić information content (AvgIpc) is 2.97. The molecule has 0 aliphatic carbocycles. The van der Waals surface area contributed by atoms with Crippen molar-refractivity contribution in [1.82, 2.24) is 0 Å². The van der Waals surface area contributed by atoms with Crippen LogP contribution in [0.2, 0.25) is 5.02 Å². The van der Waals surface area contributed by atoms with E-state index in [0.717, 1.165) is 11.1 Å². The molecular weight excluding hydrogens is 342 g/mol. The Morgan fingerprint density at radius 1 is 1.16 bits per heavy atom. The highest BCUT2D eigenvalue weighted by atomic mass is 35.5. The summed E-state index contributed by atoms with van der Waals surface area (Å²) in [6.07, 6.45) is 1.71. The van der Waals surface area contributed by atoms with Gasteiger partial charge in [-0.05, 0) is 42.8 Å². The van der Waals surface area contributed by atoms with E-state index in [0.29, 0.717) is 34.4 Å². The summed E-state index contributed by atoms with van der Waals surface area (Å²) in [5.74, 6) is 0.735. The maximum atomic E-state index is 12.1. The van der Waals surface area contributed by atoms with Gasteiger partial charge in [-0.2, -0.15) is 0 Å². The predicted octanol–water partition coefficient (Wildman–Crippen LogP) is 4.09. The first-order valence-corrected chi connectivity index (χ1v) is 8.08. The van der Waals surface area contributed by atoms with Crippen molar-refractivity contribution in [3.8, 4) is 11.5 Å². The largest absolute Gasteiger partial charge is 0.493 e. The molecule has 1 heterocycles. The molecule has 0 spiro atoms. The van der Waals surface area contributed by atoms with Gasteiger partial charge in [-0.15, -0.1) is 0 Å². The van der Waals surface area contributed by atoms with Gasteiger partial charge in [0.1, 0.15) is 5.71 Å². The molecule has 0 unspecified atom stereocenters. The minimum Gasteiger partial charge on any atom is -0.493 e. The molecule has 0 saturated carbocycles. The van der Waals surface area contributed by atoms with Gasteiger partial charge in [0, 0.05) is 10.6 Å². The van der Waals surface area contributed by atoms with E-state index in [1.165, 1.54) is 0 Å². The zero-order chi connectivity index (χ0) is 17.8. The fraction of sp³-hybridized carbons (Fsp3) is 0.158. The van der Waals surface area contributed by atoms with Crippen LogP contribution in [0.15, 0.2) is 53.2 Å². The summed E-state index contributed by atoms with van der Waals surface area (Å²) < 4.78 is 10.8. The topological polar surface area (TPSA) is 57.1 Å². The van der Waals surface area contributed by atoms with Crippen LogP contribution in [0.25, 0.3) is 6.08 Å². The number of ether oxygens (including phenoxy) is 2. The summed E-state index contributed by atoms with van der Waals surface area (Å²) >= 11 is 5.91. The van der Waals surface area contributed by atoms with Gasteiger partial charge in [0.05, 0.1) is 19.3 Å². The first kappa shape index (κ1) is 17.0. The summed E-state index contributed by atoms with van der Waals surface area (Å²) in [4.78, 5) is 16.9. The molecule has 0 saturated heterocycles. The fourth-order valence-electron chi connectivity index (χ4n) is 2.44. The summed E-state index contributed by atoms with van der Waals surface area (Å²) in [6, 6.07) is 12.5. The molecule has 128 valence electrons. The third-order valence-electron chi connectivity index (χ3n) is 3.61. The van der Waals surface area contributed by atoms with Crippen molar-refractivity contribution in [2.75, 3.05) is 13.7 Å². The molecule has 5 nitrogen and oxygen atoms in total. The number of hydrogen-bond donors (Lipinski definition) is 0. The highest BCUT2D eigenvalue weighted by molar-refractivity contribution is 6.32. The molecule has 0 aromatic heterocycles. The van der Waals surface area contributed by atoms with Crippen LogP contribution in [-0.2, 0) is 9.63 Å². The van der Waals surface area contributed by atoms with Crippen molar-refractivity contribution >= 4 is 29.4 Å². The van der Waals surface area contributed by atoms with Crippen LogP contribution < -0.4 is 9.47 Å². The van der Waals surface area contributed by atoms with Crippen LogP contribution in [0.4, 0.5) is 0 Å². The molecule has 1 aliphatic rings. The van der Waals surface area contributed by atoms with Gasteiger partial charge in [0.2, 0.25) is 0 Å². The van der Waals surface area contributed by atoms with Gasteiger partial charge in [-0.1, -0.05) is 35.0 Å². The Hall–Kier alpha value is -2.79. The maximum absolute atomic E-state index is 12.1. The lowest BCUT2D eigenvalue weighted by Crippen LogP contribution is -2.06. The van der Waals surface area contributed by atoms with Crippen LogP contribution in [0.3, 0.4) is 0 Å². The molecule has 25 heavy (non-hydrogen) atoms. The minimum atomic E-state index is -0.501. The number of nitrogens with zero attached hydrogens (tertiary/aromatic N) is 1. The van der Waals surface area contributed by atoms with Gasteiger partial charge in [-0.3, -0.25) is 0 Å². The Bertz CT molecular complexity index is 856. The highest BCUT2D eigenvalue weighted by Gasteiger charge is 2.26.